The van der Waals surface area contributed by atoms with E-state index in [-0.39, 0.29) is 23.7 Å². The first-order chi connectivity index (χ1) is 12.2. The van der Waals surface area contributed by atoms with Crippen molar-refractivity contribution in [1.29, 1.82) is 0 Å². The zero-order valence-electron chi connectivity index (χ0n) is 16.0. The van der Waals surface area contributed by atoms with Gasteiger partial charge in [0.2, 0.25) is 11.8 Å². The zero-order chi connectivity index (χ0) is 19.3. The van der Waals surface area contributed by atoms with Crippen LogP contribution in [0.3, 0.4) is 0 Å². The Balaban J connectivity index is 1.89. The van der Waals surface area contributed by atoms with Crippen LogP contribution in [0.4, 0.5) is 0 Å². The molecule has 0 spiro atoms. The highest BCUT2D eigenvalue weighted by molar-refractivity contribution is 5.89. The van der Waals surface area contributed by atoms with Crippen molar-refractivity contribution in [1.82, 2.24) is 10.2 Å². The number of nitrogens with zero attached hydrogens (tertiary/aromatic N) is 1. The van der Waals surface area contributed by atoms with Gasteiger partial charge < -0.3 is 15.0 Å². The van der Waals surface area contributed by atoms with E-state index in [1.807, 2.05) is 20.8 Å². The molecule has 0 aromatic heterocycles. The van der Waals surface area contributed by atoms with Crippen LogP contribution in [0.2, 0.25) is 0 Å². The van der Waals surface area contributed by atoms with Crippen molar-refractivity contribution in [3.8, 4) is 0 Å². The van der Waals surface area contributed by atoms with Crippen LogP contribution in [-0.2, 0) is 20.9 Å². The van der Waals surface area contributed by atoms with Crippen LogP contribution < -0.4 is 5.32 Å². The Bertz CT molecular complexity index is 661. The fraction of sp³-hybridized carbons (Fsp3) is 0.550. The molecule has 26 heavy (non-hydrogen) atoms. The van der Waals surface area contributed by atoms with Crippen molar-refractivity contribution in [3.05, 3.63) is 35.4 Å². The smallest absolute Gasteiger partial charge is 0.337 e. The lowest BCUT2D eigenvalue weighted by Gasteiger charge is -2.35. The summed E-state index contributed by atoms with van der Waals surface area (Å²) in [5.41, 5.74) is 0.954. The number of carbonyl (C=O) groups is 3. The number of amides is 2. The molecule has 1 aromatic carbocycles. The Morgan fingerprint density at radius 1 is 1.19 bits per heavy atom. The van der Waals surface area contributed by atoms with Crippen molar-refractivity contribution in [2.45, 2.75) is 40.2 Å². The van der Waals surface area contributed by atoms with E-state index in [9.17, 15) is 14.4 Å². The van der Waals surface area contributed by atoms with Gasteiger partial charge in [0.25, 0.3) is 0 Å². The summed E-state index contributed by atoms with van der Waals surface area (Å²) in [6.07, 6.45) is 1.63. The number of nitrogens with one attached hydrogen (secondary N) is 1. The van der Waals surface area contributed by atoms with Crippen molar-refractivity contribution < 1.29 is 19.1 Å². The monoisotopic (exact) mass is 360 g/mol. The normalized spacial score (nSPS) is 17.5. The lowest BCUT2D eigenvalue weighted by molar-refractivity contribution is -0.142. The van der Waals surface area contributed by atoms with Crippen LogP contribution in [0.5, 0.6) is 0 Å². The summed E-state index contributed by atoms with van der Waals surface area (Å²) in [6, 6.07) is 6.95. The maximum Gasteiger partial charge on any atom is 0.337 e. The molecular weight excluding hydrogens is 332 g/mol. The minimum atomic E-state index is -0.431. The van der Waals surface area contributed by atoms with Crippen LogP contribution in [-0.4, -0.2) is 42.9 Å². The molecule has 1 unspecified atom stereocenters. The second kappa shape index (κ2) is 8.34. The van der Waals surface area contributed by atoms with Crippen molar-refractivity contribution in [2.24, 2.45) is 11.3 Å². The van der Waals surface area contributed by atoms with Gasteiger partial charge in [0.1, 0.15) is 0 Å². The largest absolute Gasteiger partial charge is 0.465 e. The molecule has 0 radical (unpaired) electrons. The average Bonchev–Trinajstić information content (AvgIpc) is 2.64. The summed E-state index contributed by atoms with van der Waals surface area (Å²) in [6.45, 7) is 7.28. The van der Waals surface area contributed by atoms with Crippen molar-refractivity contribution in [3.63, 3.8) is 0 Å². The maximum absolute atomic E-state index is 12.5. The molecule has 1 aromatic rings. The van der Waals surface area contributed by atoms with Gasteiger partial charge in [-0.25, -0.2) is 4.79 Å². The van der Waals surface area contributed by atoms with Gasteiger partial charge in [0.05, 0.1) is 18.6 Å². The Morgan fingerprint density at radius 3 is 2.42 bits per heavy atom. The quantitative estimate of drug-likeness (QED) is 0.837. The molecule has 142 valence electrons. The topological polar surface area (TPSA) is 75.7 Å². The molecule has 1 aliphatic rings. The predicted octanol–water partition coefficient (Wildman–Crippen LogP) is 2.37. The van der Waals surface area contributed by atoms with Crippen LogP contribution >= 0.6 is 0 Å². The summed E-state index contributed by atoms with van der Waals surface area (Å²) in [4.78, 5) is 38.2. The molecule has 1 heterocycles. The van der Waals surface area contributed by atoms with Crippen LogP contribution in [0.25, 0.3) is 0 Å². The third-order valence-electron chi connectivity index (χ3n) is 4.56. The minimum Gasteiger partial charge on any atom is -0.465 e. The number of benzene rings is 1. The Labute approximate surface area is 154 Å². The Kier molecular flexibility index (Phi) is 6.40. The van der Waals surface area contributed by atoms with E-state index in [1.54, 1.807) is 29.2 Å². The molecule has 1 fully saturated rings. The van der Waals surface area contributed by atoms with Gasteiger partial charge in [0.15, 0.2) is 0 Å². The molecule has 2 rings (SSSR count). The third kappa shape index (κ3) is 5.07. The molecule has 1 atom stereocenters. The van der Waals surface area contributed by atoms with E-state index in [4.69, 9.17) is 0 Å². The van der Waals surface area contributed by atoms with Gasteiger partial charge in [-0.3, -0.25) is 9.59 Å². The van der Waals surface area contributed by atoms with Gasteiger partial charge in [-0.15, -0.1) is 0 Å². The molecular formula is C20H28N2O4. The Hall–Kier alpha value is -2.37. The zero-order valence-corrected chi connectivity index (χ0v) is 16.0. The average molecular weight is 360 g/mol. The third-order valence-corrected chi connectivity index (χ3v) is 4.56. The molecule has 1 N–H and O–H groups in total. The van der Waals surface area contributed by atoms with Gasteiger partial charge >= 0.3 is 5.97 Å². The number of hydrogen-bond acceptors (Lipinski definition) is 4. The highest BCUT2D eigenvalue weighted by atomic mass is 16.5. The summed E-state index contributed by atoms with van der Waals surface area (Å²) in [5.74, 6) is -0.502. The van der Waals surface area contributed by atoms with E-state index < -0.39 is 5.41 Å². The second-order valence-corrected chi connectivity index (χ2v) is 7.75. The lowest BCUT2D eigenvalue weighted by Crippen LogP contribution is -2.48. The number of esters is 1. The summed E-state index contributed by atoms with van der Waals surface area (Å²) < 4.78 is 4.67. The molecule has 6 heteroatoms. The minimum absolute atomic E-state index is 0.0338. The van der Waals surface area contributed by atoms with E-state index in [1.165, 1.54) is 7.11 Å². The number of likely N-dealkylation sites (tertiary alicyclic amines) is 1. The van der Waals surface area contributed by atoms with Gasteiger partial charge in [-0.2, -0.15) is 0 Å². The number of rotatable bonds is 4. The van der Waals surface area contributed by atoms with E-state index in [0.29, 0.717) is 18.7 Å². The number of carbonyl (C=O) groups excluding carboxylic acids is 3. The first-order valence-electron chi connectivity index (χ1n) is 8.96. The maximum atomic E-state index is 12.5. The molecule has 0 saturated carbocycles. The first kappa shape index (κ1) is 19.9. The fourth-order valence-electron chi connectivity index (χ4n) is 3.06. The summed E-state index contributed by atoms with van der Waals surface area (Å²) in [7, 11) is 1.34. The van der Waals surface area contributed by atoms with Crippen molar-refractivity contribution >= 4 is 17.8 Å². The fourth-order valence-corrected chi connectivity index (χ4v) is 3.06. The van der Waals surface area contributed by atoms with E-state index in [2.05, 4.69) is 10.1 Å². The van der Waals surface area contributed by atoms with Gasteiger partial charge in [-0.1, -0.05) is 32.9 Å². The highest BCUT2D eigenvalue weighted by Gasteiger charge is 2.33. The number of methoxy groups -OCH3 is 1. The molecule has 2 amide bonds. The second-order valence-electron chi connectivity index (χ2n) is 7.75. The van der Waals surface area contributed by atoms with Gasteiger partial charge in [0, 0.05) is 25.0 Å². The number of piperidine rings is 1. The SMILES string of the molecule is COC(=O)c1ccc(CNC(=O)C2CCCN(C(=O)C(C)(C)C)C2)cc1. The summed E-state index contributed by atoms with van der Waals surface area (Å²) in [5, 5.41) is 2.94. The first-order valence-corrected chi connectivity index (χ1v) is 8.96. The predicted molar refractivity (Wildman–Crippen MR) is 98.4 cm³/mol. The summed E-state index contributed by atoms with van der Waals surface area (Å²) >= 11 is 0. The molecule has 1 aliphatic heterocycles. The Morgan fingerprint density at radius 2 is 1.85 bits per heavy atom. The lowest BCUT2D eigenvalue weighted by atomic mass is 9.91. The molecule has 1 saturated heterocycles. The van der Waals surface area contributed by atoms with Crippen molar-refractivity contribution in [2.75, 3.05) is 20.2 Å². The molecule has 0 bridgehead atoms. The van der Waals surface area contributed by atoms with Crippen LogP contribution in [0.15, 0.2) is 24.3 Å². The van der Waals surface area contributed by atoms with E-state index in [0.717, 1.165) is 24.9 Å². The van der Waals surface area contributed by atoms with Crippen LogP contribution in [0, 0.1) is 11.3 Å². The van der Waals surface area contributed by atoms with Crippen LogP contribution in [0.1, 0.15) is 49.5 Å². The molecule has 6 nitrogen and oxygen atoms in total. The molecule has 0 aliphatic carbocycles. The van der Waals surface area contributed by atoms with Gasteiger partial charge in [-0.05, 0) is 30.5 Å². The standard InChI is InChI=1S/C20H28N2O4/c1-20(2,3)19(25)22-11-5-6-16(13-22)17(23)21-12-14-7-9-15(10-8-14)18(24)26-4/h7-10,16H,5-6,11-13H2,1-4H3,(H,21,23). The highest BCUT2D eigenvalue weighted by Crippen LogP contribution is 2.23. The number of ether oxygens (including phenoxy) is 1. The number of hydrogen-bond donors (Lipinski definition) is 1. The van der Waals surface area contributed by atoms with E-state index >= 15 is 0 Å².